The molecule has 1 saturated heterocycles. The number of carbonyl (C=O) groups is 2. The zero-order chi connectivity index (χ0) is 25.5. The molecule has 188 valence electrons. The van der Waals surface area contributed by atoms with E-state index >= 15 is 0 Å². The summed E-state index contributed by atoms with van der Waals surface area (Å²) in [6, 6.07) is 3.78. The molecule has 2 aromatic heterocycles. The lowest BCUT2D eigenvalue weighted by Gasteiger charge is -2.33. The molecule has 0 unspecified atom stereocenters. The average Bonchev–Trinajstić information content (AvgIpc) is 3.21. The van der Waals surface area contributed by atoms with Crippen LogP contribution in [-0.2, 0) is 21.4 Å². The molecule has 0 bridgehead atoms. The van der Waals surface area contributed by atoms with E-state index in [9.17, 15) is 14.4 Å². The van der Waals surface area contributed by atoms with Gasteiger partial charge in [0.25, 0.3) is 0 Å². The second-order valence-electron chi connectivity index (χ2n) is 10.7. The molecule has 0 spiro atoms. The molecule has 1 aromatic carbocycles. The molecule has 35 heavy (non-hydrogen) atoms. The Morgan fingerprint density at radius 3 is 2.40 bits per heavy atom. The fraction of sp³-hybridized carbons (Fsp3) is 0.519. The van der Waals surface area contributed by atoms with Crippen molar-refractivity contribution in [3.8, 4) is 0 Å². The summed E-state index contributed by atoms with van der Waals surface area (Å²) in [5.41, 5.74) is 3.00. The average molecular weight is 482 g/mol. The molecule has 3 aromatic rings. The molecule has 1 aliphatic heterocycles. The van der Waals surface area contributed by atoms with Gasteiger partial charge in [0.05, 0.1) is 12.8 Å². The first-order chi connectivity index (χ1) is 16.5. The van der Waals surface area contributed by atoms with Crippen LogP contribution in [0.4, 0.5) is 0 Å². The standard InChI is InChI=1S/C27H35N3O5/c1-17-18(7-8-24(31)29(6)15-25(32)30-11-9-28(5)10-12-30)26(33)35-23-14-22-20(13-19(17)23)21(16-34-22)27(2,3)4/h13-14,16H,7-12,15H2,1-6H3. The van der Waals surface area contributed by atoms with Crippen LogP contribution in [0.3, 0.4) is 0 Å². The van der Waals surface area contributed by atoms with E-state index < -0.39 is 5.63 Å². The number of furan rings is 1. The Balaban J connectivity index is 1.50. The van der Waals surface area contributed by atoms with Gasteiger partial charge in [-0.3, -0.25) is 9.59 Å². The van der Waals surface area contributed by atoms with Gasteiger partial charge in [0.15, 0.2) is 0 Å². The van der Waals surface area contributed by atoms with Crippen LogP contribution in [0.5, 0.6) is 0 Å². The van der Waals surface area contributed by atoms with Gasteiger partial charge in [-0.15, -0.1) is 0 Å². The Morgan fingerprint density at radius 1 is 1.06 bits per heavy atom. The number of benzene rings is 1. The number of hydrogen-bond donors (Lipinski definition) is 0. The molecule has 8 heteroatoms. The largest absolute Gasteiger partial charge is 0.464 e. The Kier molecular flexibility index (Phi) is 6.77. The lowest BCUT2D eigenvalue weighted by molar-refractivity contribution is -0.140. The fourth-order valence-electron chi connectivity index (χ4n) is 4.65. The molecule has 0 saturated carbocycles. The summed E-state index contributed by atoms with van der Waals surface area (Å²) in [5.74, 6) is -0.221. The van der Waals surface area contributed by atoms with E-state index in [4.69, 9.17) is 8.83 Å². The van der Waals surface area contributed by atoms with E-state index in [1.54, 1.807) is 24.3 Å². The minimum Gasteiger partial charge on any atom is -0.464 e. The van der Waals surface area contributed by atoms with Crippen LogP contribution in [0.15, 0.2) is 32.0 Å². The van der Waals surface area contributed by atoms with Gasteiger partial charge in [0.1, 0.15) is 11.2 Å². The topological polar surface area (TPSA) is 87.2 Å². The van der Waals surface area contributed by atoms with E-state index in [1.165, 1.54) is 4.90 Å². The van der Waals surface area contributed by atoms with Crippen molar-refractivity contribution in [3.05, 3.63) is 45.5 Å². The van der Waals surface area contributed by atoms with Gasteiger partial charge in [0, 0.05) is 67.6 Å². The summed E-state index contributed by atoms with van der Waals surface area (Å²) in [4.78, 5) is 43.5. The number of rotatable bonds is 5. The Morgan fingerprint density at radius 2 is 1.74 bits per heavy atom. The molecule has 0 N–H and O–H groups in total. The normalized spacial score (nSPS) is 15.2. The summed E-state index contributed by atoms with van der Waals surface area (Å²) in [7, 11) is 3.67. The van der Waals surface area contributed by atoms with Crippen molar-refractivity contribution in [2.45, 2.75) is 46.0 Å². The number of nitrogens with zero attached hydrogens (tertiary/aromatic N) is 3. The van der Waals surface area contributed by atoms with Crippen molar-refractivity contribution in [3.63, 3.8) is 0 Å². The van der Waals surface area contributed by atoms with Crippen molar-refractivity contribution in [2.75, 3.05) is 46.8 Å². The number of aryl methyl sites for hydroxylation is 1. The maximum Gasteiger partial charge on any atom is 0.339 e. The van der Waals surface area contributed by atoms with Gasteiger partial charge in [-0.25, -0.2) is 4.79 Å². The van der Waals surface area contributed by atoms with Gasteiger partial charge < -0.3 is 23.5 Å². The number of carbonyl (C=O) groups excluding carboxylic acids is 2. The molecule has 0 aliphatic carbocycles. The quantitative estimate of drug-likeness (QED) is 0.520. The molecule has 2 amide bonds. The fourth-order valence-corrected chi connectivity index (χ4v) is 4.65. The smallest absolute Gasteiger partial charge is 0.339 e. The minimum absolute atomic E-state index is 0.0436. The number of likely N-dealkylation sites (N-methyl/N-ethyl adjacent to an activating group) is 2. The van der Waals surface area contributed by atoms with Gasteiger partial charge in [-0.1, -0.05) is 20.8 Å². The third kappa shape index (κ3) is 5.12. The highest BCUT2D eigenvalue weighted by Gasteiger charge is 2.24. The highest BCUT2D eigenvalue weighted by atomic mass is 16.4. The molecule has 1 aliphatic rings. The predicted octanol–water partition coefficient (Wildman–Crippen LogP) is 3.31. The number of hydrogen-bond acceptors (Lipinski definition) is 6. The van der Waals surface area contributed by atoms with Crippen LogP contribution in [0.1, 0.15) is 43.9 Å². The maximum atomic E-state index is 12.8. The molecule has 3 heterocycles. The molecule has 0 radical (unpaired) electrons. The van der Waals surface area contributed by atoms with Gasteiger partial charge >= 0.3 is 5.63 Å². The van der Waals surface area contributed by atoms with Crippen LogP contribution in [0.25, 0.3) is 21.9 Å². The second-order valence-corrected chi connectivity index (χ2v) is 10.7. The first-order valence-corrected chi connectivity index (χ1v) is 12.1. The lowest BCUT2D eigenvalue weighted by Crippen LogP contribution is -2.50. The van der Waals surface area contributed by atoms with Crippen molar-refractivity contribution in [1.82, 2.24) is 14.7 Å². The first-order valence-electron chi connectivity index (χ1n) is 12.1. The van der Waals surface area contributed by atoms with Crippen LogP contribution < -0.4 is 5.63 Å². The third-order valence-electron chi connectivity index (χ3n) is 7.03. The van der Waals surface area contributed by atoms with E-state index in [1.807, 2.05) is 20.0 Å². The van der Waals surface area contributed by atoms with Crippen molar-refractivity contribution in [1.29, 1.82) is 0 Å². The monoisotopic (exact) mass is 481 g/mol. The van der Waals surface area contributed by atoms with Crippen LogP contribution >= 0.6 is 0 Å². The molecule has 8 nitrogen and oxygen atoms in total. The number of piperazine rings is 1. The number of fused-ring (bicyclic) bond motifs is 2. The van der Waals surface area contributed by atoms with Gasteiger partial charge in [-0.05, 0) is 37.4 Å². The minimum atomic E-state index is -0.444. The van der Waals surface area contributed by atoms with E-state index in [0.717, 1.165) is 35.0 Å². The summed E-state index contributed by atoms with van der Waals surface area (Å²) >= 11 is 0. The summed E-state index contributed by atoms with van der Waals surface area (Å²) in [6.07, 6.45) is 2.15. The van der Waals surface area contributed by atoms with E-state index in [2.05, 4.69) is 25.7 Å². The molecular formula is C27H35N3O5. The molecular weight excluding hydrogens is 446 g/mol. The summed E-state index contributed by atoms with van der Waals surface area (Å²) in [5, 5.41) is 1.83. The van der Waals surface area contributed by atoms with Crippen LogP contribution in [0.2, 0.25) is 0 Å². The molecule has 1 fully saturated rings. The van der Waals surface area contributed by atoms with Gasteiger partial charge in [0.2, 0.25) is 11.8 Å². The third-order valence-corrected chi connectivity index (χ3v) is 7.03. The highest BCUT2D eigenvalue weighted by Crippen LogP contribution is 2.35. The van der Waals surface area contributed by atoms with E-state index in [0.29, 0.717) is 29.8 Å². The van der Waals surface area contributed by atoms with Crippen LogP contribution in [-0.4, -0.2) is 73.3 Å². The lowest BCUT2D eigenvalue weighted by atomic mass is 9.86. The van der Waals surface area contributed by atoms with Crippen molar-refractivity contribution >= 4 is 33.8 Å². The zero-order valence-electron chi connectivity index (χ0n) is 21.6. The number of amides is 2. The van der Waals surface area contributed by atoms with Crippen LogP contribution in [0, 0.1) is 6.92 Å². The Hall–Kier alpha value is -3.13. The van der Waals surface area contributed by atoms with E-state index in [-0.39, 0.29) is 36.6 Å². The highest BCUT2D eigenvalue weighted by molar-refractivity contribution is 5.97. The molecule has 0 atom stereocenters. The predicted molar refractivity (Wildman–Crippen MR) is 136 cm³/mol. The van der Waals surface area contributed by atoms with Gasteiger partial charge in [-0.2, -0.15) is 0 Å². The Bertz CT molecular complexity index is 1320. The van der Waals surface area contributed by atoms with Crippen molar-refractivity contribution < 1.29 is 18.4 Å². The summed E-state index contributed by atoms with van der Waals surface area (Å²) in [6.45, 7) is 11.3. The zero-order valence-corrected chi connectivity index (χ0v) is 21.6. The van der Waals surface area contributed by atoms with Crippen molar-refractivity contribution in [2.24, 2.45) is 0 Å². The maximum absolute atomic E-state index is 12.8. The Labute approximate surface area is 205 Å². The SMILES string of the molecule is Cc1c(CCC(=O)N(C)CC(=O)N2CCN(C)CC2)c(=O)oc2cc3occ(C(C)(C)C)c3cc12. The molecule has 4 rings (SSSR count). The summed E-state index contributed by atoms with van der Waals surface area (Å²) < 4.78 is 11.4. The second kappa shape index (κ2) is 9.49. The first kappa shape index (κ1) is 25.0.